The average Bonchev–Trinajstić information content (AvgIpc) is 3.76. The molecule has 0 saturated heterocycles. The van der Waals surface area contributed by atoms with Crippen LogP contribution in [0.15, 0.2) is 110 Å². The molecule has 7 aromatic rings. The minimum atomic E-state index is -0.497. The lowest BCUT2D eigenvalue weighted by Crippen LogP contribution is -2.21. The quantitative estimate of drug-likeness (QED) is 0.195. The number of halogens is 6. The average molecular weight is 720 g/mol. The Balaban J connectivity index is 0.000000152. The molecular formula is C34H20Cl4F2N8. The molecular weight excluding hydrogens is 700 g/mol. The van der Waals surface area contributed by atoms with E-state index in [0.717, 1.165) is 16.8 Å². The molecule has 1 aliphatic rings. The number of anilines is 1. The summed E-state index contributed by atoms with van der Waals surface area (Å²) in [6, 6.07) is 25.0. The molecule has 0 fully saturated rings. The van der Waals surface area contributed by atoms with E-state index >= 15 is 0 Å². The van der Waals surface area contributed by atoms with Gasteiger partial charge >= 0.3 is 0 Å². The predicted molar refractivity (Wildman–Crippen MR) is 184 cm³/mol. The first-order valence-electron chi connectivity index (χ1n) is 14.3. The summed E-state index contributed by atoms with van der Waals surface area (Å²) in [7, 11) is 0. The zero-order valence-electron chi connectivity index (χ0n) is 24.4. The summed E-state index contributed by atoms with van der Waals surface area (Å²) in [5.41, 5.74) is 4.25. The molecule has 1 N–H and O–H groups in total. The number of fused-ring (bicyclic) bond motifs is 2. The molecule has 8 nitrogen and oxygen atoms in total. The molecule has 1 atom stereocenters. The van der Waals surface area contributed by atoms with Crippen LogP contribution in [0.5, 0.6) is 0 Å². The Morgan fingerprint density at radius 1 is 0.688 bits per heavy atom. The van der Waals surface area contributed by atoms with Gasteiger partial charge in [-0.2, -0.15) is 24.7 Å². The van der Waals surface area contributed by atoms with Crippen LogP contribution in [-0.2, 0) is 0 Å². The first-order valence-corrected chi connectivity index (χ1v) is 15.8. The molecule has 0 amide bonds. The molecule has 0 bridgehead atoms. The van der Waals surface area contributed by atoms with Crippen molar-refractivity contribution in [3.63, 3.8) is 0 Å². The Labute approximate surface area is 292 Å². The van der Waals surface area contributed by atoms with Crippen molar-refractivity contribution in [2.24, 2.45) is 0 Å². The number of rotatable bonds is 4. The van der Waals surface area contributed by atoms with Gasteiger partial charge in [0.1, 0.15) is 30.3 Å². The second-order valence-electron chi connectivity index (χ2n) is 10.4. The Bertz CT molecular complexity index is 2260. The van der Waals surface area contributed by atoms with E-state index in [2.05, 4.69) is 30.5 Å². The molecule has 1 unspecified atom stereocenters. The summed E-state index contributed by atoms with van der Waals surface area (Å²) in [5, 5.41) is 13.4. The van der Waals surface area contributed by atoms with E-state index in [4.69, 9.17) is 46.4 Å². The highest BCUT2D eigenvalue weighted by molar-refractivity contribution is 6.33. The summed E-state index contributed by atoms with van der Waals surface area (Å²) in [6.45, 7) is 0. The Kier molecular flexibility index (Phi) is 8.81. The van der Waals surface area contributed by atoms with Gasteiger partial charge in [0, 0.05) is 31.9 Å². The van der Waals surface area contributed by atoms with Crippen molar-refractivity contribution in [3.05, 3.63) is 153 Å². The van der Waals surface area contributed by atoms with E-state index in [0.29, 0.717) is 48.8 Å². The molecule has 14 heteroatoms. The molecule has 4 heterocycles. The Hall–Kier alpha value is -4.87. The molecule has 0 spiro atoms. The topological polar surface area (TPSA) is 85.8 Å². The van der Waals surface area contributed by atoms with Crippen LogP contribution >= 0.6 is 46.4 Å². The third kappa shape index (κ3) is 6.23. The third-order valence-corrected chi connectivity index (χ3v) is 8.62. The van der Waals surface area contributed by atoms with Gasteiger partial charge in [-0.25, -0.2) is 18.4 Å². The first-order chi connectivity index (χ1) is 23.3. The van der Waals surface area contributed by atoms with Gasteiger partial charge in [0.2, 0.25) is 5.95 Å². The van der Waals surface area contributed by atoms with E-state index in [1.165, 1.54) is 29.3 Å². The minimum absolute atomic E-state index is 0.257. The Morgan fingerprint density at radius 2 is 1.33 bits per heavy atom. The highest BCUT2D eigenvalue weighted by atomic mass is 35.5. The van der Waals surface area contributed by atoms with Crippen molar-refractivity contribution in [2.75, 3.05) is 5.32 Å². The van der Waals surface area contributed by atoms with E-state index in [1.54, 1.807) is 59.3 Å². The maximum Gasteiger partial charge on any atom is 0.253 e. The fraction of sp³-hybridized carbons (Fsp3) is 0.0294. The van der Waals surface area contributed by atoms with Crippen LogP contribution in [0.4, 0.5) is 14.7 Å². The smallest absolute Gasteiger partial charge is 0.253 e. The van der Waals surface area contributed by atoms with Gasteiger partial charge in [-0.1, -0.05) is 82.8 Å². The van der Waals surface area contributed by atoms with Gasteiger partial charge in [-0.3, -0.25) is 0 Å². The second-order valence-corrected chi connectivity index (χ2v) is 12.1. The predicted octanol–water partition coefficient (Wildman–Crippen LogP) is 9.68. The molecule has 3 aromatic heterocycles. The number of hydrogen-bond donors (Lipinski definition) is 1. The Morgan fingerprint density at radius 3 is 2.02 bits per heavy atom. The van der Waals surface area contributed by atoms with Gasteiger partial charge in [-0.15, -0.1) is 0 Å². The number of benzene rings is 4. The fourth-order valence-corrected chi connectivity index (χ4v) is 6.02. The lowest BCUT2D eigenvalue weighted by molar-refractivity contribution is 0.551. The summed E-state index contributed by atoms with van der Waals surface area (Å²) in [6.07, 6.45) is 4.66. The number of nitrogens with one attached hydrogen (secondary N) is 1. The largest absolute Gasteiger partial charge is 0.324 e. The number of aromatic nitrogens is 7. The van der Waals surface area contributed by atoms with Crippen molar-refractivity contribution >= 4 is 63.8 Å². The molecule has 238 valence electrons. The second kappa shape index (κ2) is 13.3. The minimum Gasteiger partial charge on any atom is -0.324 e. The molecule has 0 aliphatic carbocycles. The van der Waals surface area contributed by atoms with Crippen LogP contribution in [0.2, 0.25) is 20.1 Å². The van der Waals surface area contributed by atoms with Crippen molar-refractivity contribution in [1.82, 2.24) is 34.3 Å². The molecule has 48 heavy (non-hydrogen) atoms. The maximum atomic E-state index is 14.4. The molecule has 0 saturated carbocycles. The maximum absolute atomic E-state index is 14.4. The van der Waals surface area contributed by atoms with Crippen LogP contribution in [0, 0.1) is 11.6 Å². The fourth-order valence-electron chi connectivity index (χ4n) is 5.23. The van der Waals surface area contributed by atoms with Crippen LogP contribution in [0.25, 0.3) is 34.0 Å². The number of nitrogens with zero attached hydrogens (tertiary/aromatic N) is 7. The van der Waals surface area contributed by atoms with Crippen LogP contribution < -0.4 is 5.32 Å². The standard InChI is InChI=1S/C17H11Cl2FN4.C17H9Cl2FN4/c2*18-11-6-4-10(5-7-11)14-8-15(24-17(23-14)21-9-22-24)16-12(19)2-1-3-13(16)20/h1-9,15H,(H,21,22,23);1-9H. The van der Waals surface area contributed by atoms with Gasteiger partial charge in [0.15, 0.2) is 0 Å². The van der Waals surface area contributed by atoms with E-state index < -0.39 is 11.9 Å². The van der Waals surface area contributed by atoms with Crippen molar-refractivity contribution in [1.29, 1.82) is 0 Å². The highest BCUT2D eigenvalue weighted by Gasteiger charge is 2.27. The molecule has 1 aliphatic heterocycles. The monoisotopic (exact) mass is 718 g/mol. The van der Waals surface area contributed by atoms with Crippen molar-refractivity contribution in [3.8, 4) is 22.5 Å². The lowest BCUT2D eigenvalue weighted by Gasteiger charge is -2.25. The normalized spacial score (nSPS) is 13.7. The third-order valence-electron chi connectivity index (χ3n) is 7.47. The van der Waals surface area contributed by atoms with Crippen LogP contribution in [-0.4, -0.2) is 34.3 Å². The summed E-state index contributed by atoms with van der Waals surface area (Å²) in [5.74, 6) is 0.0543. The van der Waals surface area contributed by atoms with Gasteiger partial charge in [0.05, 0.1) is 22.0 Å². The van der Waals surface area contributed by atoms with Gasteiger partial charge in [0.25, 0.3) is 5.78 Å². The highest BCUT2D eigenvalue weighted by Crippen LogP contribution is 2.37. The van der Waals surface area contributed by atoms with E-state index in [-0.39, 0.29) is 11.4 Å². The van der Waals surface area contributed by atoms with Gasteiger partial charge in [-0.05, 0) is 66.2 Å². The SMILES string of the molecule is Fc1cccc(Cl)c1-c1cc(-c2ccc(Cl)cc2)nc2ncnn12.Fc1cccc(Cl)c1C1C=C(c2ccc(Cl)cc2)Nc2ncnn21. The zero-order chi connectivity index (χ0) is 33.4. The van der Waals surface area contributed by atoms with E-state index in [1.807, 2.05) is 30.3 Å². The summed E-state index contributed by atoms with van der Waals surface area (Å²) >= 11 is 24.3. The molecule has 4 aromatic carbocycles. The molecule has 8 rings (SSSR count). The number of allylic oxidation sites excluding steroid dienone is 1. The van der Waals surface area contributed by atoms with Crippen LogP contribution in [0.1, 0.15) is 17.2 Å². The summed E-state index contributed by atoms with van der Waals surface area (Å²) in [4.78, 5) is 12.8. The van der Waals surface area contributed by atoms with Crippen molar-refractivity contribution in [2.45, 2.75) is 6.04 Å². The molecule has 0 radical (unpaired) electrons. The lowest BCUT2D eigenvalue weighted by atomic mass is 10.0. The van der Waals surface area contributed by atoms with Crippen molar-refractivity contribution < 1.29 is 8.78 Å². The summed E-state index contributed by atoms with van der Waals surface area (Å²) < 4.78 is 31.8. The van der Waals surface area contributed by atoms with Gasteiger partial charge < -0.3 is 5.32 Å². The zero-order valence-corrected chi connectivity index (χ0v) is 27.4. The van der Waals surface area contributed by atoms with Crippen LogP contribution in [0.3, 0.4) is 0 Å². The number of hydrogen-bond acceptors (Lipinski definition) is 6. The van der Waals surface area contributed by atoms with E-state index in [9.17, 15) is 8.78 Å². The first kappa shape index (κ1) is 31.7.